The van der Waals surface area contributed by atoms with Crippen LogP contribution in [-0.4, -0.2) is 51.6 Å². The summed E-state index contributed by atoms with van der Waals surface area (Å²) in [4.78, 5) is 24.2. The third-order valence-corrected chi connectivity index (χ3v) is 4.20. The molecule has 0 radical (unpaired) electrons. The largest absolute Gasteiger partial charge is 0.468 e. The molecule has 0 bridgehead atoms. The van der Waals surface area contributed by atoms with E-state index in [9.17, 15) is 9.59 Å². The second kappa shape index (κ2) is 8.13. The van der Waals surface area contributed by atoms with Crippen LogP contribution < -0.4 is 10.6 Å². The van der Waals surface area contributed by atoms with Gasteiger partial charge in [0.2, 0.25) is 0 Å². The van der Waals surface area contributed by atoms with Crippen LogP contribution in [0.4, 0.5) is 5.82 Å². The number of nitrogens with zero attached hydrogens (tertiary/aromatic N) is 4. The molecule has 1 aliphatic rings. The van der Waals surface area contributed by atoms with Crippen molar-refractivity contribution in [3.8, 4) is 0 Å². The first-order valence-corrected chi connectivity index (χ1v) is 7.77. The zero-order valence-electron chi connectivity index (χ0n) is 13.8. The predicted molar refractivity (Wildman–Crippen MR) is 92.4 cm³/mol. The van der Waals surface area contributed by atoms with Crippen molar-refractivity contribution in [2.24, 2.45) is 0 Å². The molecule has 25 heavy (non-hydrogen) atoms. The average molecular weight is 369 g/mol. The van der Waals surface area contributed by atoms with Gasteiger partial charge in [0, 0.05) is 24.7 Å². The van der Waals surface area contributed by atoms with Gasteiger partial charge < -0.3 is 15.4 Å². The van der Waals surface area contributed by atoms with Gasteiger partial charge in [-0.15, -0.1) is 12.4 Å². The first-order valence-electron chi connectivity index (χ1n) is 7.77. The van der Waals surface area contributed by atoms with Crippen LogP contribution in [0.5, 0.6) is 0 Å². The summed E-state index contributed by atoms with van der Waals surface area (Å²) in [5, 5.41) is 14.6. The zero-order chi connectivity index (χ0) is 17.0. The minimum Gasteiger partial charge on any atom is -0.468 e. The first-order chi connectivity index (χ1) is 11.6. The summed E-state index contributed by atoms with van der Waals surface area (Å²) in [7, 11) is 1.32. The smallest absolute Gasteiger partial charge is 0.327 e. The summed E-state index contributed by atoms with van der Waals surface area (Å²) in [6.07, 6.45) is 6.38. The molecule has 3 heterocycles. The maximum Gasteiger partial charge on any atom is 0.327 e. The minimum atomic E-state index is -0.735. The highest BCUT2D eigenvalue weighted by Gasteiger charge is 2.42. The van der Waals surface area contributed by atoms with E-state index in [0.717, 1.165) is 13.1 Å². The zero-order valence-corrected chi connectivity index (χ0v) is 14.7. The average Bonchev–Trinajstić information content (AvgIpc) is 3.27. The summed E-state index contributed by atoms with van der Waals surface area (Å²) in [6, 6.07) is 3.46. The summed E-state index contributed by atoms with van der Waals surface area (Å²) in [5.41, 5.74) is -0.735. The Morgan fingerprint density at radius 3 is 2.76 bits per heavy atom. The van der Waals surface area contributed by atoms with E-state index >= 15 is 0 Å². The highest BCUT2D eigenvalue weighted by atomic mass is 35.5. The topological polar surface area (TPSA) is 103 Å². The highest BCUT2D eigenvalue weighted by Crippen LogP contribution is 2.28. The number of aromatic nitrogens is 4. The molecule has 0 atom stereocenters. The van der Waals surface area contributed by atoms with Crippen molar-refractivity contribution >= 4 is 30.1 Å². The lowest BCUT2D eigenvalue weighted by Crippen LogP contribution is -2.52. The van der Waals surface area contributed by atoms with Crippen molar-refractivity contribution in [3.63, 3.8) is 0 Å². The Morgan fingerprint density at radius 1 is 1.36 bits per heavy atom. The van der Waals surface area contributed by atoms with Crippen LogP contribution in [0.3, 0.4) is 0 Å². The number of piperidine rings is 1. The molecule has 1 saturated heterocycles. The van der Waals surface area contributed by atoms with Gasteiger partial charge in [0.1, 0.15) is 12.1 Å². The van der Waals surface area contributed by atoms with E-state index in [1.807, 2.05) is 6.07 Å². The number of hydrogen-bond acceptors (Lipinski definition) is 6. The number of nitrogens with one attached hydrogen (secondary N) is 2. The molecular weight excluding hydrogens is 348 g/mol. The van der Waals surface area contributed by atoms with Crippen LogP contribution in [-0.2, 0) is 26.4 Å². The molecule has 0 unspecified atom stereocenters. The van der Waals surface area contributed by atoms with Gasteiger partial charge in [0.15, 0.2) is 5.82 Å². The number of carbonyl (C=O) groups is 2. The number of esters is 1. The molecule has 0 aliphatic carbocycles. The van der Waals surface area contributed by atoms with E-state index in [4.69, 9.17) is 0 Å². The third-order valence-electron chi connectivity index (χ3n) is 4.20. The Labute approximate surface area is 151 Å². The normalized spacial score (nSPS) is 15.9. The van der Waals surface area contributed by atoms with Gasteiger partial charge in [-0.2, -0.15) is 10.2 Å². The SMILES string of the molecule is COC(=O)Cn1ccc(NC(=O)C2(n3cccn3)CCNCC2)n1.Cl. The molecule has 0 saturated carbocycles. The first kappa shape index (κ1) is 18.9. The van der Waals surface area contributed by atoms with E-state index in [1.165, 1.54) is 11.8 Å². The van der Waals surface area contributed by atoms with Gasteiger partial charge in [-0.25, -0.2) is 0 Å². The van der Waals surface area contributed by atoms with Crippen molar-refractivity contribution in [1.29, 1.82) is 0 Å². The van der Waals surface area contributed by atoms with Crippen LogP contribution in [0.1, 0.15) is 12.8 Å². The number of hydrogen-bond donors (Lipinski definition) is 2. The lowest BCUT2D eigenvalue weighted by atomic mass is 9.87. The van der Waals surface area contributed by atoms with Crippen molar-refractivity contribution in [2.45, 2.75) is 24.9 Å². The minimum absolute atomic E-state index is 0. The molecule has 9 nitrogen and oxygen atoms in total. The van der Waals surface area contributed by atoms with Crippen molar-refractivity contribution < 1.29 is 14.3 Å². The Balaban J connectivity index is 0.00000225. The number of carbonyl (C=O) groups excluding carboxylic acids is 2. The van der Waals surface area contributed by atoms with E-state index in [0.29, 0.717) is 18.7 Å². The number of methoxy groups -OCH3 is 1. The van der Waals surface area contributed by atoms with E-state index in [2.05, 4.69) is 25.6 Å². The van der Waals surface area contributed by atoms with Crippen molar-refractivity contribution in [1.82, 2.24) is 24.9 Å². The van der Waals surface area contributed by atoms with Gasteiger partial charge in [-0.1, -0.05) is 0 Å². The Bertz CT molecular complexity index is 709. The van der Waals surface area contributed by atoms with Gasteiger partial charge in [-0.3, -0.25) is 19.0 Å². The van der Waals surface area contributed by atoms with Crippen LogP contribution in [0.15, 0.2) is 30.7 Å². The number of halogens is 1. The van der Waals surface area contributed by atoms with Gasteiger partial charge in [0.05, 0.1) is 7.11 Å². The molecule has 0 spiro atoms. The number of anilines is 1. The molecule has 136 valence electrons. The molecule has 1 fully saturated rings. The summed E-state index contributed by atoms with van der Waals surface area (Å²) < 4.78 is 7.74. The molecule has 2 aromatic rings. The molecule has 1 aliphatic heterocycles. The van der Waals surface area contributed by atoms with Gasteiger partial charge in [-0.05, 0) is 32.0 Å². The standard InChI is InChI=1S/C15H20N6O3.ClH/c1-24-13(22)11-20-10-3-12(19-20)18-14(23)15(4-7-16-8-5-15)21-9-2-6-17-21;/h2-3,6,9-10,16H,4-5,7-8,11H2,1H3,(H,18,19,23);1H. The van der Waals surface area contributed by atoms with Crippen molar-refractivity contribution in [2.75, 3.05) is 25.5 Å². The lowest BCUT2D eigenvalue weighted by Gasteiger charge is -2.36. The fourth-order valence-corrected chi connectivity index (χ4v) is 2.87. The molecular formula is C15H21ClN6O3. The molecule has 1 amide bonds. The third kappa shape index (κ3) is 3.99. The van der Waals surface area contributed by atoms with Crippen LogP contribution in [0.25, 0.3) is 0 Å². The molecule has 3 rings (SSSR count). The second-order valence-electron chi connectivity index (χ2n) is 5.66. The van der Waals surface area contributed by atoms with Crippen LogP contribution in [0.2, 0.25) is 0 Å². The fraction of sp³-hybridized carbons (Fsp3) is 0.467. The Morgan fingerprint density at radius 2 is 2.12 bits per heavy atom. The molecule has 10 heteroatoms. The Kier molecular flexibility index (Phi) is 6.16. The van der Waals surface area contributed by atoms with Crippen LogP contribution >= 0.6 is 12.4 Å². The van der Waals surface area contributed by atoms with Crippen molar-refractivity contribution in [3.05, 3.63) is 30.7 Å². The molecule has 0 aromatic carbocycles. The quantitative estimate of drug-likeness (QED) is 0.740. The maximum atomic E-state index is 12.9. The predicted octanol–water partition coefficient (Wildman–Crippen LogP) is 0.392. The number of rotatable bonds is 5. The number of amides is 1. The lowest BCUT2D eigenvalue weighted by molar-refractivity contribution is -0.141. The van der Waals surface area contributed by atoms with E-state index in [-0.39, 0.29) is 24.9 Å². The van der Waals surface area contributed by atoms with E-state index < -0.39 is 11.5 Å². The summed E-state index contributed by atoms with van der Waals surface area (Å²) in [6.45, 7) is 1.48. The second-order valence-corrected chi connectivity index (χ2v) is 5.66. The van der Waals surface area contributed by atoms with Gasteiger partial charge in [0.25, 0.3) is 5.91 Å². The maximum absolute atomic E-state index is 12.9. The van der Waals surface area contributed by atoms with Gasteiger partial charge >= 0.3 is 5.97 Å². The number of ether oxygens (including phenoxy) is 1. The fourth-order valence-electron chi connectivity index (χ4n) is 2.87. The van der Waals surface area contributed by atoms with E-state index in [1.54, 1.807) is 29.3 Å². The monoisotopic (exact) mass is 368 g/mol. The molecule has 2 aromatic heterocycles. The summed E-state index contributed by atoms with van der Waals surface area (Å²) in [5.74, 6) is -0.160. The molecule has 2 N–H and O–H groups in total. The Hall–Kier alpha value is -2.39. The van der Waals surface area contributed by atoms with Crippen LogP contribution in [0, 0.1) is 0 Å². The summed E-state index contributed by atoms with van der Waals surface area (Å²) >= 11 is 0. The highest BCUT2D eigenvalue weighted by molar-refractivity contribution is 5.96.